The lowest BCUT2D eigenvalue weighted by molar-refractivity contribution is 1.08. The van der Waals surface area contributed by atoms with E-state index in [-0.39, 0.29) is 0 Å². The zero-order valence-corrected chi connectivity index (χ0v) is 31.3. The fourth-order valence-corrected chi connectivity index (χ4v) is 8.83. The molecule has 0 aliphatic rings. The Morgan fingerprint density at radius 2 is 0.810 bits per heavy atom. The van der Waals surface area contributed by atoms with Crippen LogP contribution in [0.15, 0.2) is 200 Å². The van der Waals surface area contributed by atoms with Crippen molar-refractivity contribution in [1.82, 2.24) is 24.1 Å². The Morgan fingerprint density at radius 3 is 1.53 bits per heavy atom. The highest BCUT2D eigenvalue weighted by molar-refractivity contribution is 6.21. The van der Waals surface area contributed by atoms with Gasteiger partial charge in [-0.2, -0.15) is 0 Å². The summed E-state index contributed by atoms with van der Waals surface area (Å²) < 4.78 is 4.84. The Balaban J connectivity index is 1.09. The summed E-state index contributed by atoms with van der Waals surface area (Å²) in [5.41, 5.74) is 9.79. The van der Waals surface area contributed by atoms with Crippen LogP contribution in [0, 0.1) is 0 Å². The molecule has 3 aromatic heterocycles. The van der Waals surface area contributed by atoms with E-state index in [0.717, 1.165) is 44.4 Å². The number of aromatic nitrogens is 5. The van der Waals surface area contributed by atoms with Crippen LogP contribution in [0.1, 0.15) is 0 Å². The van der Waals surface area contributed by atoms with Crippen LogP contribution in [0.25, 0.3) is 111 Å². The average Bonchev–Trinajstić information content (AvgIpc) is 3.78. The lowest BCUT2D eigenvalue weighted by Gasteiger charge is -2.13. The molecule has 5 nitrogen and oxygen atoms in total. The smallest absolute Gasteiger partial charge is 0.164 e. The number of para-hydroxylation sites is 2. The molecule has 0 bridgehead atoms. The van der Waals surface area contributed by atoms with Crippen LogP contribution in [-0.4, -0.2) is 24.1 Å². The molecule has 0 fully saturated rings. The maximum Gasteiger partial charge on any atom is 0.164 e. The maximum absolute atomic E-state index is 5.07. The lowest BCUT2D eigenvalue weighted by atomic mass is 10.0. The number of hydrogen-bond donors (Lipinski definition) is 0. The first-order valence-electron chi connectivity index (χ1n) is 19.6. The number of hydrogen-bond acceptors (Lipinski definition) is 3. The van der Waals surface area contributed by atoms with Gasteiger partial charge in [0.1, 0.15) is 0 Å². The third kappa shape index (κ3) is 5.07. The summed E-state index contributed by atoms with van der Waals surface area (Å²) in [5, 5.41) is 9.60. The molecule has 9 aromatic carbocycles. The highest BCUT2D eigenvalue weighted by Gasteiger charge is 2.20. The predicted molar refractivity (Wildman–Crippen MR) is 240 cm³/mol. The van der Waals surface area contributed by atoms with Crippen molar-refractivity contribution in [2.75, 3.05) is 0 Å². The molecule has 12 rings (SSSR count). The van der Waals surface area contributed by atoms with E-state index in [1.165, 1.54) is 48.9 Å². The molecule has 0 saturated carbocycles. The van der Waals surface area contributed by atoms with E-state index in [4.69, 9.17) is 15.0 Å². The summed E-state index contributed by atoms with van der Waals surface area (Å²) in [6, 6.07) is 71.1. The summed E-state index contributed by atoms with van der Waals surface area (Å²) in [5.74, 6) is 1.94. The molecule has 12 aromatic rings. The van der Waals surface area contributed by atoms with Gasteiger partial charge in [-0.3, -0.25) is 0 Å². The van der Waals surface area contributed by atoms with Gasteiger partial charge >= 0.3 is 0 Å². The molecule has 0 aliphatic heterocycles. The van der Waals surface area contributed by atoms with Gasteiger partial charge in [0.15, 0.2) is 17.5 Å². The molecule has 0 radical (unpaired) electrons. The minimum absolute atomic E-state index is 0.645. The van der Waals surface area contributed by atoms with Crippen LogP contribution in [0.2, 0.25) is 0 Å². The second kappa shape index (κ2) is 12.8. The third-order valence-electron chi connectivity index (χ3n) is 11.5. The highest BCUT2D eigenvalue weighted by atomic mass is 15.0. The highest BCUT2D eigenvalue weighted by Crippen LogP contribution is 2.41. The molecule has 0 atom stereocenters. The zero-order valence-electron chi connectivity index (χ0n) is 31.3. The van der Waals surface area contributed by atoms with Crippen molar-refractivity contribution in [2.24, 2.45) is 0 Å². The van der Waals surface area contributed by atoms with Gasteiger partial charge in [0.25, 0.3) is 0 Å². The van der Waals surface area contributed by atoms with Crippen LogP contribution in [-0.2, 0) is 0 Å². The zero-order chi connectivity index (χ0) is 38.2. The van der Waals surface area contributed by atoms with Gasteiger partial charge in [0.05, 0.1) is 22.1 Å². The van der Waals surface area contributed by atoms with Crippen molar-refractivity contribution in [1.29, 1.82) is 0 Å². The summed E-state index contributed by atoms with van der Waals surface area (Å²) in [7, 11) is 0. The molecule has 0 unspecified atom stereocenters. The molecule has 0 amide bonds. The average molecular weight is 740 g/mol. The van der Waals surface area contributed by atoms with Crippen LogP contribution in [0.4, 0.5) is 0 Å². The van der Waals surface area contributed by atoms with Crippen molar-refractivity contribution in [3.8, 4) is 45.5 Å². The van der Waals surface area contributed by atoms with Gasteiger partial charge < -0.3 is 9.13 Å². The summed E-state index contributed by atoms with van der Waals surface area (Å²) in [6.07, 6.45) is 0. The molecular weight excluding hydrogens is 707 g/mol. The summed E-state index contributed by atoms with van der Waals surface area (Å²) in [6.45, 7) is 0. The molecule has 58 heavy (non-hydrogen) atoms. The van der Waals surface area contributed by atoms with Gasteiger partial charge in [-0.25, -0.2) is 15.0 Å². The normalized spacial score (nSPS) is 11.8. The Bertz CT molecular complexity index is 3490. The largest absolute Gasteiger partial charge is 0.309 e. The van der Waals surface area contributed by atoms with E-state index in [1.807, 2.05) is 60.7 Å². The first-order chi connectivity index (χ1) is 28.7. The molecule has 0 spiro atoms. The number of nitrogens with zero attached hydrogens (tertiary/aromatic N) is 5. The van der Waals surface area contributed by atoms with Gasteiger partial charge in [0, 0.05) is 49.6 Å². The fourth-order valence-electron chi connectivity index (χ4n) is 8.83. The minimum Gasteiger partial charge on any atom is -0.309 e. The first-order valence-corrected chi connectivity index (χ1v) is 19.6. The molecule has 3 heterocycles. The van der Waals surface area contributed by atoms with Crippen LogP contribution < -0.4 is 0 Å². The van der Waals surface area contributed by atoms with Crippen molar-refractivity contribution in [3.63, 3.8) is 0 Å². The van der Waals surface area contributed by atoms with Crippen LogP contribution >= 0.6 is 0 Å². The summed E-state index contributed by atoms with van der Waals surface area (Å²) in [4.78, 5) is 15.1. The second-order valence-electron chi connectivity index (χ2n) is 14.9. The number of benzene rings is 9. The van der Waals surface area contributed by atoms with Gasteiger partial charge in [-0.05, 0) is 76.1 Å². The molecule has 5 heteroatoms. The van der Waals surface area contributed by atoms with Crippen LogP contribution in [0.5, 0.6) is 0 Å². The van der Waals surface area contributed by atoms with E-state index >= 15 is 0 Å². The van der Waals surface area contributed by atoms with Gasteiger partial charge in [0.2, 0.25) is 0 Å². The topological polar surface area (TPSA) is 48.5 Å². The Labute approximate surface area is 333 Å². The maximum atomic E-state index is 5.07. The van der Waals surface area contributed by atoms with Crippen molar-refractivity contribution < 1.29 is 0 Å². The van der Waals surface area contributed by atoms with Crippen molar-refractivity contribution in [2.45, 2.75) is 0 Å². The standard InChI is InChI=1S/C53H33N5/c1-4-15-34(16-5-1)51-54-52(35-17-6-2-7-18-35)56-53(55-51)43-25-14-21-38-29-40(27-28-41(38)43)58-47-26-13-12-24-42(47)45-32-46-44-30-36-19-10-11-20-37(36)31-48(44)57(50(46)33-49(45)58)39-22-8-3-9-23-39/h1-33H. The predicted octanol–water partition coefficient (Wildman–Crippen LogP) is 13.4. The van der Waals surface area contributed by atoms with E-state index < -0.39 is 0 Å². The van der Waals surface area contributed by atoms with Crippen LogP contribution in [0.3, 0.4) is 0 Å². The number of fused-ring (bicyclic) bond motifs is 8. The minimum atomic E-state index is 0.645. The van der Waals surface area contributed by atoms with E-state index in [2.05, 4.69) is 149 Å². The SMILES string of the molecule is c1ccc(-c2nc(-c3ccccc3)nc(-c3cccc4cc(-n5c6ccccc6c6cc7c8cc9ccccc9cc8n(-c8ccccc8)c7cc65)ccc34)n2)cc1. The molecule has 0 aliphatic carbocycles. The molecular formula is C53H33N5. The number of rotatable bonds is 5. The second-order valence-corrected chi connectivity index (χ2v) is 14.9. The van der Waals surface area contributed by atoms with Gasteiger partial charge in [-0.1, -0.05) is 146 Å². The Kier molecular flexibility index (Phi) is 7.16. The van der Waals surface area contributed by atoms with E-state index in [0.29, 0.717) is 17.5 Å². The first kappa shape index (κ1) is 32.4. The monoisotopic (exact) mass is 739 g/mol. The molecule has 0 N–H and O–H groups in total. The third-order valence-corrected chi connectivity index (χ3v) is 11.5. The summed E-state index contributed by atoms with van der Waals surface area (Å²) >= 11 is 0. The molecule has 270 valence electrons. The lowest BCUT2D eigenvalue weighted by Crippen LogP contribution is -2.00. The quantitative estimate of drug-likeness (QED) is 0.177. The van der Waals surface area contributed by atoms with E-state index in [9.17, 15) is 0 Å². The Morgan fingerprint density at radius 1 is 0.276 bits per heavy atom. The Hall–Kier alpha value is -7.89. The van der Waals surface area contributed by atoms with E-state index in [1.54, 1.807) is 0 Å². The van der Waals surface area contributed by atoms with Crippen molar-refractivity contribution in [3.05, 3.63) is 200 Å². The molecule has 0 saturated heterocycles. The van der Waals surface area contributed by atoms with Crippen molar-refractivity contribution >= 4 is 65.2 Å². The van der Waals surface area contributed by atoms with Gasteiger partial charge in [-0.15, -0.1) is 0 Å². The fraction of sp³-hybridized carbons (Fsp3) is 0.